The van der Waals surface area contributed by atoms with Crippen molar-refractivity contribution >= 4 is 17.5 Å². The van der Waals surface area contributed by atoms with Crippen LogP contribution in [0.25, 0.3) is 0 Å². The standard InChI is InChI=1S/C20H22FN3O4/c1-3-17(20(26)22-2)23(13-14-8-10-16(21)11-9-14)19(25)12-15-6-4-5-7-18(15)24(27)28/h4-11,17H,3,12-13H2,1-2H3,(H,22,26)/t17-/m1/s1. The second-order valence-corrected chi connectivity index (χ2v) is 6.25. The molecule has 0 saturated carbocycles. The number of carbonyl (C=O) groups excluding carboxylic acids is 2. The summed E-state index contributed by atoms with van der Waals surface area (Å²) in [7, 11) is 1.48. The third-order valence-electron chi connectivity index (χ3n) is 4.43. The Kier molecular flexibility index (Phi) is 7.20. The smallest absolute Gasteiger partial charge is 0.273 e. The van der Waals surface area contributed by atoms with Crippen LogP contribution in [-0.4, -0.2) is 34.7 Å². The molecule has 0 spiro atoms. The second-order valence-electron chi connectivity index (χ2n) is 6.25. The maximum absolute atomic E-state index is 13.2. The summed E-state index contributed by atoms with van der Waals surface area (Å²) in [4.78, 5) is 37.4. The summed E-state index contributed by atoms with van der Waals surface area (Å²) in [6.07, 6.45) is 0.148. The van der Waals surface area contributed by atoms with Crippen molar-refractivity contribution in [1.82, 2.24) is 10.2 Å². The number of benzene rings is 2. The summed E-state index contributed by atoms with van der Waals surface area (Å²) in [5.41, 5.74) is 0.776. The first-order valence-corrected chi connectivity index (χ1v) is 8.85. The number of nitro groups is 1. The summed E-state index contributed by atoms with van der Waals surface area (Å²) in [6.45, 7) is 1.86. The van der Waals surface area contributed by atoms with Gasteiger partial charge in [0.25, 0.3) is 5.69 Å². The largest absolute Gasteiger partial charge is 0.357 e. The second kappa shape index (κ2) is 9.59. The number of carbonyl (C=O) groups is 2. The summed E-state index contributed by atoms with van der Waals surface area (Å²) in [5.74, 6) is -1.16. The lowest BCUT2D eigenvalue weighted by Crippen LogP contribution is -2.48. The molecule has 0 heterocycles. The fourth-order valence-electron chi connectivity index (χ4n) is 2.98. The number of nitro benzene ring substituents is 1. The van der Waals surface area contributed by atoms with Crippen LogP contribution in [0.3, 0.4) is 0 Å². The Labute approximate surface area is 162 Å². The molecule has 0 saturated heterocycles. The van der Waals surface area contributed by atoms with E-state index < -0.39 is 22.7 Å². The van der Waals surface area contributed by atoms with Gasteiger partial charge < -0.3 is 10.2 Å². The number of halogens is 1. The minimum absolute atomic E-state index is 0.0890. The van der Waals surface area contributed by atoms with Crippen molar-refractivity contribution in [3.05, 3.63) is 75.6 Å². The number of hydrogen-bond acceptors (Lipinski definition) is 4. The van der Waals surface area contributed by atoms with Gasteiger partial charge in [-0.25, -0.2) is 4.39 Å². The van der Waals surface area contributed by atoms with Gasteiger partial charge in [-0.3, -0.25) is 19.7 Å². The van der Waals surface area contributed by atoms with Gasteiger partial charge in [-0.2, -0.15) is 0 Å². The van der Waals surface area contributed by atoms with Crippen molar-refractivity contribution in [2.75, 3.05) is 7.05 Å². The lowest BCUT2D eigenvalue weighted by atomic mass is 10.1. The van der Waals surface area contributed by atoms with Gasteiger partial charge in [0.2, 0.25) is 11.8 Å². The molecule has 2 rings (SSSR count). The fourth-order valence-corrected chi connectivity index (χ4v) is 2.98. The Bertz CT molecular complexity index is 855. The van der Waals surface area contributed by atoms with Crippen molar-refractivity contribution in [2.45, 2.75) is 32.4 Å². The normalized spacial score (nSPS) is 11.5. The molecular weight excluding hydrogens is 365 g/mol. The van der Waals surface area contributed by atoms with Crippen LogP contribution in [0.1, 0.15) is 24.5 Å². The van der Waals surface area contributed by atoms with Crippen LogP contribution in [0.15, 0.2) is 48.5 Å². The van der Waals surface area contributed by atoms with E-state index >= 15 is 0 Å². The summed E-state index contributed by atoms with van der Waals surface area (Å²) in [6, 6.07) is 10.9. The van der Waals surface area contributed by atoms with Crippen molar-refractivity contribution in [1.29, 1.82) is 0 Å². The molecule has 148 valence electrons. The average molecular weight is 387 g/mol. The zero-order chi connectivity index (χ0) is 20.7. The predicted octanol–water partition coefficient (Wildman–Crippen LogP) is 2.83. The Morgan fingerprint density at radius 2 is 1.82 bits per heavy atom. The first kappa shape index (κ1) is 21.0. The summed E-state index contributed by atoms with van der Waals surface area (Å²) in [5, 5.41) is 13.8. The van der Waals surface area contributed by atoms with Gasteiger partial charge in [0.1, 0.15) is 11.9 Å². The van der Waals surface area contributed by atoms with Crippen molar-refractivity contribution < 1.29 is 18.9 Å². The molecule has 0 bridgehead atoms. The van der Waals surface area contributed by atoms with E-state index in [0.29, 0.717) is 12.0 Å². The first-order valence-electron chi connectivity index (χ1n) is 8.85. The van der Waals surface area contributed by atoms with Crippen LogP contribution in [-0.2, 0) is 22.6 Å². The van der Waals surface area contributed by atoms with Gasteiger partial charge >= 0.3 is 0 Å². The number of nitrogens with one attached hydrogen (secondary N) is 1. The maximum Gasteiger partial charge on any atom is 0.273 e. The molecule has 0 aliphatic heterocycles. The van der Waals surface area contributed by atoms with Crippen molar-refractivity contribution in [3.8, 4) is 0 Å². The van der Waals surface area contributed by atoms with Crippen LogP contribution in [0.5, 0.6) is 0 Å². The Morgan fingerprint density at radius 3 is 2.39 bits per heavy atom. The molecule has 0 unspecified atom stereocenters. The van der Waals surface area contributed by atoms with Gasteiger partial charge in [-0.15, -0.1) is 0 Å². The van der Waals surface area contributed by atoms with Crippen LogP contribution in [0, 0.1) is 15.9 Å². The molecule has 8 heteroatoms. The van der Waals surface area contributed by atoms with Crippen LogP contribution in [0.2, 0.25) is 0 Å². The number of likely N-dealkylation sites (N-methyl/N-ethyl adjacent to an activating group) is 1. The van der Waals surface area contributed by atoms with Gasteiger partial charge in [0.15, 0.2) is 0 Å². The Hall–Kier alpha value is -3.29. The van der Waals surface area contributed by atoms with E-state index in [9.17, 15) is 24.1 Å². The highest BCUT2D eigenvalue weighted by Crippen LogP contribution is 2.21. The molecule has 1 atom stereocenters. The van der Waals surface area contributed by atoms with E-state index in [2.05, 4.69) is 5.32 Å². The molecule has 1 N–H and O–H groups in total. The first-order chi connectivity index (χ1) is 13.4. The SMILES string of the molecule is CC[C@H](C(=O)NC)N(Cc1ccc(F)cc1)C(=O)Cc1ccccc1[N+](=O)[O-]. The summed E-state index contributed by atoms with van der Waals surface area (Å²) >= 11 is 0. The number of amides is 2. The molecule has 0 fully saturated rings. The van der Waals surface area contributed by atoms with E-state index in [0.717, 1.165) is 0 Å². The highest BCUT2D eigenvalue weighted by atomic mass is 19.1. The van der Waals surface area contributed by atoms with Crippen molar-refractivity contribution in [2.24, 2.45) is 0 Å². The van der Waals surface area contributed by atoms with Gasteiger partial charge in [0.05, 0.1) is 11.3 Å². The highest BCUT2D eigenvalue weighted by molar-refractivity contribution is 5.88. The van der Waals surface area contributed by atoms with Crippen LogP contribution in [0.4, 0.5) is 10.1 Å². The lowest BCUT2D eigenvalue weighted by molar-refractivity contribution is -0.385. The third-order valence-corrected chi connectivity index (χ3v) is 4.43. The monoisotopic (exact) mass is 387 g/mol. The van der Waals surface area contributed by atoms with E-state index in [-0.39, 0.29) is 30.1 Å². The van der Waals surface area contributed by atoms with Crippen LogP contribution < -0.4 is 5.32 Å². The molecule has 0 radical (unpaired) electrons. The fraction of sp³-hybridized carbons (Fsp3) is 0.300. The molecule has 2 amide bonds. The Morgan fingerprint density at radius 1 is 1.18 bits per heavy atom. The van der Waals surface area contributed by atoms with E-state index in [1.165, 1.54) is 54.4 Å². The lowest BCUT2D eigenvalue weighted by Gasteiger charge is -2.30. The van der Waals surface area contributed by atoms with Crippen molar-refractivity contribution in [3.63, 3.8) is 0 Å². The third kappa shape index (κ3) is 5.12. The Balaban J connectivity index is 2.34. The average Bonchev–Trinajstić information content (AvgIpc) is 2.69. The van der Waals surface area contributed by atoms with Crippen LogP contribution >= 0.6 is 0 Å². The quantitative estimate of drug-likeness (QED) is 0.557. The molecule has 2 aromatic rings. The minimum atomic E-state index is -0.745. The zero-order valence-corrected chi connectivity index (χ0v) is 15.7. The maximum atomic E-state index is 13.2. The van der Waals surface area contributed by atoms with E-state index in [4.69, 9.17) is 0 Å². The molecule has 2 aromatic carbocycles. The summed E-state index contributed by atoms with van der Waals surface area (Å²) < 4.78 is 13.2. The van der Waals surface area contributed by atoms with Gasteiger partial charge in [-0.1, -0.05) is 37.3 Å². The molecule has 0 aliphatic rings. The van der Waals surface area contributed by atoms with E-state index in [1.54, 1.807) is 13.0 Å². The van der Waals surface area contributed by atoms with Gasteiger partial charge in [-0.05, 0) is 24.1 Å². The highest BCUT2D eigenvalue weighted by Gasteiger charge is 2.29. The topological polar surface area (TPSA) is 92.6 Å². The minimum Gasteiger partial charge on any atom is -0.357 e. The van der Waals surface area contributed by atoms with E-state index in [1.807, 2.05) is 0 Å². The number of para-hydroxylation sites is 1. The van der Waals surface area contributed by atoms with Gasteiger partial charge in [0, 0.05) is 25.2 Å². The number of rotatable bonds is 8. The molecule has 0 aromatic heterocycles. The number of nitrogens with zero attached hydrogens (tertiary/aromatic N) is 2. The molecule has 28 heavy (non-hydrogen) atoms. The predicted molar refractivity (Wildman–Crippen MR) is 102 cm³/mol. The molecule has 0 aliphatic carbocycles. The molecule has 7 nitrogen and oxygen atoms in total. The number of hydrogen-bond donors (Lipinski definition) is 1. The molecular formula is C20H22FN3O4. The zero-order valence-electron chi connectivity index (χ0n) is 15.7.